The molecule has 0 fully saturated rings. The summed E-state index contributed by atoms with van der Waals surface area (Å²) in [5.74, 6) is 0. The molecule has 0 heterocycles. The molecule has 80 valence electrons. The zero-order valence-electron chi connectivity index (χ0n) is 8.64. The first-order chi connectivity index (χ1) is 7.75. The van der Waals surface area contributed by atoms with Crippen molar-refractivity contribution in [2.45, 2.75) is 12.5 Å². The Labute approximate surface area is 92.8 Å². The molecule has 1 aliphatic rings. The number of amides is 1. The van der Waals surface area contributed by atoms with Crippen molar-refractivity contribution in [2.75, 3.05) is 0 Å². The molecule has 2 aromatic rings. The molecular formula is C13H11NO2. The maximum absolute atomic E-state index is 10.8. The van der Waals surface area contributed by atoms with E-state index < -0.39 is 6.09 Å². The maximum Gasteiger partial charge on any atom is 0.405 e. The molecule has 3 nitrogen and oxygen atoms in total. The highest BCUT2D eigenvalue weighted by Gasteiger charge is 2.26. The van der Waals surface area contributed by atoms with E-state index in [9.17, 15) is 4.79 Å². The van der Waals surface area contributed by atoms with Gasteiger partial charge in [0.05, 0.1) is 0 Å². The third kappa shape index (κ3) is 1.25. The van der Waals surface area contributed by atoms with E-state index in [0.717, 1.165) is 12.0 Å². The van der Waals surface area contributed by atoms with E-state index in [1.165, 1.54) is 16.3 Å². The maximum atomic E-state index is 10.8. The summed E-state index contributed by atoms with van der Waals surface area (Å²) in [6, 6.07) is 12.2. The van der Waals surface area contributed by atoms with Crippen LogP contribution in [0.15, 0.2) is 36.4 Å². The number of rotatable bonds is 1. The van der Waals surface area contributed by atoms with Crippen LogP contribution in [0.5, 0.6) is 0 Å². The fourth-order valence-corrected chi connectivity index (χ4v) is 2.44. The molecule has 0 aromatic heterocycles. The second-order valence-electron chi connectivity index (χ2n) is 3.99. The van der Waals surface area contributed by atoms with Gasteiger partial charge in [0, 0.05) is 12.0 Å². The molecule has 0 saturated heterocycles. The Morgan fingerprint density at radius 3 is 2.75 bits per heavy atom. The third-order valence-corrected chi connectivity index (χ3v) is 3.03. The van der Waals surface area contributed by atoms with Gasteiger partial charge in [-0.15, -0.1) is 0 Å². The lowest BCUT2D eigenvalue weighted by Gasteiger charge is -2.10. The Hall–Kier alpha value is -2.03. The van der Waals surface area contributed by atoms with Crippen molar-refractivity contribution in [3.63, 3.8) is 0 Å². The average Bonchev–Trinajstić information content (AvgIpc) is 2.59. The van der Waals surface area contributed by atoms with Crippen molar-refractivity contribution < 1.29 is 9.53 Å². The molecule has 1 atom stereocenters. The van der Waals surface area contributed by atoms with E-state index >= 15 is 0 Å². The van der Waals surface area contributed by atoms with Gasteiger partial charge < -0.3 is 10.5 Å². The lowest BCUT2D eigenvalue weighted by Crippen LogP contribution is -2.16. The van der Waals surface area contributed by atoms with E-state index in [0.29, 0.717) is 0 Å². The fraction of sp³-hybridized carbons (Fsp3) is 0.154. The van der Waals surface area contributed by atoms with Crippen LogP contribution in [0.2, 0.25) is 0 Å². The van der Waals surface area contributed by atoms with Gasteiger partial charge in [-0.05, 0) is 16.3 Å². The number of primary amides is 1. The van der Waals surface area contributed by atoms with Crippen LogP contribution in [0.4, 0.5) is 4.79 Å². The van der Waals surface area contributed by atoms with Crippen molar-refractivity contribution >= 4 is 16.9 Å². The summed E-state index contributed by atoms with van der Waals surface area (Å²) < 4.78 is 5.12. The summed E-state index contributed by atoms with van der Waals surface area (Å²) in [4.78, 5) is 10.8. The highest BCUT2D eigenvalue weighted by Crippen LogP contribution is 2.38. The van der Waals surface area contributed by atoms with Crippen LogP contribution >= 0.6 is 0 Å². The first-order valence-electron chi connectivity index (χ1n) is 5.22. The zero-order valence-corrected chi connectivity index (χ0v) is 8.64. The van der Waals surface area contributed by atoms with Gasteiger partial charge in [0.1, 0.15) is 6.10 Å². The molecule has 16 heavy (non-hydrogen) atoms. The second kappa shape index (κ2) is 3.23. The van der Waals surface area contributed by atoms with Gasteiger partial charge in [-0.25, -0.2) is 4.79 Å². The topological polar surface area (TPSA) is 52.3 Å². The van der Waals surface area contributed by atoms with Gasteiger partial charge >= 0.3 is 6.09 Å². The molecule has 2 N–H and O–H groups in total. The normalized spacial score (nSPS) is 17.6. The smallest absolute Gasteiger partial charge is 0.405 e. The van der Waals surface area contributed by atoms with Gasteiger partial charge in [0.2, 0.25) is 0 Å². The summed E-state index contributed by atoms with van der Waals surface area (Å²) >= 11 is 0. The number of hydrogen-bond donors (Lipinski definition) is 1. The number of carbonyl (C=O) groups is 1. The second-order valence-corrected chi connectivity index (χ2v) is 3.99. The van der Waals surface area contributed by atoms with Crippen LogP contribution in [-0.2, 0) is 11.2 Å². The predicted molar refractivity (Wildman–Crippen MR) is 61.1 cm³/mol. The number of hydrogen-bond acceptors (Lipinski definition) is 2. The summed E-state index contributed by atoms with van der Waals surface area (Å²) in [6.45, 7) is 0. The van der Waals surface area contributed by atoms with Gasteiger partial charge in [0.15, 0.2) is 0 Å². The molecule has 1 aliphatic carbocycles. The molecular weight excluding hydrogens is 202 g/mol. The first kappa shape index (κ1) is 9.21. The molecule has 2 aromatic carbocycles. The van der Waals surface area contributed by atoms with Crippen molar-refractivity contribution in [2.24, 2.45) is 5.73 Å². The van der Waals surface area contributed by atoms with Gasteiger partial charge in [-0.1, -0.05) is 36.4 Å². The third-order valence-electron chi connectivity index (χ3n) is 3.03. The Kier molecular flexibility index (Phi) is 1.86. The van der Waals surface area contributed by atoms with Gasteiger partial charge in [0.25, 0.3) is 0 Å². The number of benzene rings is 2. The minimum Gasteiger partial charge on any atom is -0.441 e. The molecule has 3 rings (SSSR count). The Morgan fingerprint density at radius 1 is 1.25 bits per heavy atom. The summed E-state index contributed by atoms with van der Waals surface area (Å²) in [7, 11) is 0. The average molecular weight is 213 g/mol. The van der Waals surface area contributed by atoms with Crippen molar-refractivity contribution in [1.82, 2.24) is 0 Å². The summed E-state index contributed by atoms with van der Waals surface area (Å²) in [6.07, 6.45) is -0.215. The van der Waals surface area contributed by atoms with Gasteiger partial charge in [-0.3, -0.25) is 0 Å². The van der Waals surface area contributed by atoms with E-state index in [-0.39, 0.29) is 6.10 Å². The lowest BCUT2D eigenvalue weighted by atomic mass is 10.1. The predicted octanol–water partition coefficient (Wildman–Crippen LogP) is 2.53. The summed E-state index contributed by atoms with van der Waals surface area (Å²) in [5.41, 5.74) is 7.36. The SMILES string of the molecule is NC(=O)OC1Cc2cccc3cccc1c23. The minimum atomic E-state index is -0.713. The van der Waals surface area contributed by atoms with Crippen LogP contribution in [0, 0.1) is 0 Å². The Bertz CT molecular complexity index is 572. The van der Waals surface area contributed by atoms with E-state index in [4.69, 9.17) is 10.5 Å². The fourth-order valence-electron chi connectivity index (χ4n) is 2.44. The van der Waals surface area contributed by atoms with E-state index in [1.54, 1.807) is 0 Å². The molecule has 0 saturated carbocycles. The largest absolute Gasteiger partial charge is 0.441 e. The highest BCUT2D eigenvalue weighted by molar-refractivity contribution is 5.91. The minimum absolute atomic E-state index is 0.224. The van der Waals surface area contributed by atoms with Gasteiger partial charge in [-0.2, -0.15) is 0 Å². The molecule has 0 radical (unpaired) electrons. The van der Waals surface area contributed by atoms with E-state index in [2.05, 4.69) is 18.2 Å². The van der Waals surface area contributed by atoms with E-state index in [1.807, 2.05) is 18.2 Å². The molecule has 1 unspecified atom stereocenters. The first-order valence-corrected chi connectivity index (χ1v) is 5.22. The standard InChI is InChI=1S/C13H11NO2/c14-13(15)16-11-7-9-5-1-3-8-4-2-6-10(11)12(8)9/h1-6,11H,7H2,(H2,14,15). The van der Waals surface area contributed by atoms with Crippen LogP contribution in [0.3, 0.4) is 0 Å². The van der Waals surface area contributed by atoms with Crippen LogP contribution in [0.25, 0.3) is 10.8 Å². The number of ether oxygens (including phenoxy) is 1. The molecule has 0 spiro atoms. The Balaban J connectivity index is 2.17. The Morgan fingerprint density at radius 2 is 2.00 bits per heavy atom. The quantitative estimate of drug-likeness (QED) is 0.791. The van der Waals surface area contributed by atoms with Crippen LogP contribution < -0.4 is 5.73 Å². The molecule has 3 heteroatoms. The lowest BCUT2D eigenvalue weighted by molar-refractivity contribution is 0.110. The molecule has 1 amide bonds. The van der Waals surface area contributed by atoms with Crippen LogP contribution in [0.1, 0.15) is 17.2 Å². The van der Waals surface area contributed by atoms with Crippen molar-refractivity contribution in [3.8, 4) is 0 Å². The highest BCUT2D eigenvalue weighted by atomic mass is 16.6. The summed E-state index contributed by atoms with van der Waals surface area (Å²) in [5, 5.41) is 2.39. The molecule has 0 aliphatic heterocycles. The van der Waals surface area contributed by atoms with Crippen LogP contribution in [-0.4, -0.2) is 6.09 Å². The van der Waals surface area contributed by atoms with Crippen molar-refractivity contribution in [1.29, 1.82) is 0 Å². The molecule has 0 bridgehead atoms. The number of carbonyl (C=O) groups excluding carboxylic acids is 1. The monoisotopic (exact) mass is 213 g/mol. The van der Waals surface area contributed by atoms with Crippen molar-refractivity contribution in [3.05, 3.63) is 47.5 Å². The number of nitrogens with two attached hydrogens (primary N) is 1. The zero-order chi connectivity index (χ0) is 11.1.